The van der Waals surface area contributed by atoms with Crippen LogP contribution in [0.15, 0.2) is 42.7 Å². The van der Waals surface area contributed by atoms with Crippen LogP contribution in [0.1, 0.15) is 15.9 Å². The lowest BCUT2D eigenvalue weighted by molar-refractivity contribution is 0.112. The van der Waals surface area contributed by atoms with Crippen molar-refractivity contribution in [3.8, 4) is 0 Å². The molecule has 0 saturated carbocycles. The van der Waals surface area contributed by atoms with Crippen LogP contribution in [0.4, 0.5) is 5.95 Å². The van der Waals surface area contributed by atoms with E-state index in [1.165, 1.54) is 18.0 Å². The minimum atomic E-state index is 0.496. The van der Waals surface area contributed by atoms with Gasteiger partial charge in [0.15, 0.2) is 6.29 Å². The molecule has 18 heavy (non-hydrogen) atoms. The molecule has 0 N–H and O–H groups in total. The number of carbonyl (C=O) groups excluding carboxylic acids is 1. The second-order valence-electron chi connectivity index (χ2n) is 4.09. The third kappa shape index (κ3) is 3.13. The Bertz CT molecular complexity index is 496. The number of likely N-dealkylation sites (N-methyl/N-ethyl adjacent to an activating group) is 1. The number of aromatic nitrogens is 2. The molecule has 0 fully saturated rings. The predicted molar refractivity (Wildman–Crippen MR) is 70.8 cm³/mol. The second kappa shape index (κ2) is 5.91. The molecule has 0 amide bonds. The molecule has 1 aromatic carbocycles. The van der Waals surface area contributed by atoms with Crippen molar-refractivity contribution >= 4 is 12.2 Å². The second-order valence-corrected chi connectivity index (χ2v) is 4.09. The standard InChI is InChI=1S/C14H15N3O/c1-17(8-7-12-5-3-2-4-6-12)14-15-9-13(11-18)10-16-14/h2-6,9-11H,7-8H2,1H3. The molecule has 0 radical (unpaired) electrons. The van der Waals surface area contributed by atoms with Gasteiger partial charge in [0, 0.05) is 26.0 Å². The molecule has 0 aliphatic carbocycles. The van der Waals surface area contributed by atoms with Gasteiger partial charge in [0.2, 0.25) is 5.95 Å². The Morgan fingerprint density at radius 2 is 1.83 bits per heavy atom. The van der Waals surface area contributed by atoms with Crippen LogP contribution < -0.4 is 4.90 Å². The quantitative estimate of drug-likeness (QED) is 0.751. The largest absolute Gasteiger partial charge is 0.344 e. The predicted octanol–water partition coefficient (Wildman–Crippen LogP) is 1.97. The normalized spacial score (nSPS) is 10.1. The van der Waals surface area contributed by atoms with Gasteiger partial charge in [0.05, 0.1) is 5.56 Å². The Morgan fingerprint density at radius 3 is 2.44 bits per heavy atom. The maximum atomic E-state index is 10.5. The smallest absolute Gasteiger partial charge is 0.225 e. The fourth-order valence-electron chi connectivity index (χ4n) is 1.63. The van der Waals surface area contributed by atoms with Crippen molar-refractivity contribution in [1.82, 2.24) is 9.97 Å². The fourth-order valence-corrected chi connectivity index (χ4v) is 1.63. The van der Waals surface area contributed by atoms with Gasteiger partial charge in [0.25, 0.3) is 0 Å². The first-order valence-corrected chi connectivity index (χ1v) is 5.82. The molecule has 2 aromatic rings. The molecule has 0 spiro atoms. The zero-order valence-corrected chi connectivity index (χ0v) is 10.3. The Balaban J connectivity index is 1.94. The number of anilines is 1. The molecule has 1 heterocycles. The molecule has 0 saturated heterocycles. The Morgan fingerprint density at radius 1 is 1.17 bits per heavy atom. The highest BCUT2D eigenvalue weighted by molar-refractivity contribution is 5.73. The number of carbonyl (C=O) groups is 1. The molecule has 0 unspecified atom stereocenters. The van der Waals surface area contributed by atoms with Crippen molar-refractivity contribution in [1.29, 1.82) is 0 Å². The van der Waals surface area contributed by atoms with Crippen LogP contribution in [-0.4, -0.2) is 29.8 Å². The van der Waals surface area contributed by atoms with E-state index < -0.39 is 0 Å². The van der Waals surface area contributed by atoms with Crippen molar-refractivity contribution < 1.29 is 4.79 Å². The monoisotopic (exact) mass is 241 g/mol. The summed E-state index contributed by atoms with van der Waals surface area (Å²) < 4.78 is 0. The summed E-state index contributed by atoms with van der Waals surface area (Å²) in [4.78, 5) is 20.8. The number of nitrogens with zero attached hydrogens (tertiary/aromatic N) is 3. The lowest BCUT2D eigenvalue weighted by atomic mass is 10.1. The number of benzene rings is 1. The van der Waals surface area contributed by atoms with Crippen LogP contribution in [0.2, 0.25) is 0 Å². The van der Waals surface area contributed by atoms with Gasteiger partial charge in [-0.1, -0.05) is 30.3 Å². The van der Waals surface area contributed by atoms with Crippen molar-refractivity contribution in [2.45, 2.75) is 6.42 Å². The van der Waals surface area contributed by atoms with Gasteiger partial charge in [-0.3, -0.25) is 4.79 Å². The third-order valence-corrected chi connectivity index (χ3v) is 2.71. The first-order chi connectivity index (χ1) is 8.79. The van der Waals surface area contributed by atoms with Gasteiger partial charge in [-0.15, -0.1) is 0 Å². The number of rotatable bonds is 5. The number of hydrogen-bond acceptors (Lipinski definition) is 4. The van der Waals surface area contributed by atoms with Crippen LogP contribution in [-0.2, 0) is 6.42 Å². The molecule has 2 rings (SSSR count). The van der Waals surface area contributed by atoms with Gasteiger partial charge >= 0.3 is 0 Å². The lowest BCUT2D eigenvalue weighted by Crippen LogP contribution is -2.22. The van der Waals surface area contributed by atoms with Gasteiger partial charge in [0.1, 0.15) is 0 Å². The maximum Gasteiger partial charge on any atom is 0.225 e. The van der Waals surface area contributed by atoms with E-state index in [2.05, 4.69) is 22.1 Å². The van der Waals surface area contributed by atoms with Gasteiger partial charge < -0.3 is 4.90 Å². The molecule has 0 aliphatic rings. The van der Waals surface area contributed by atoms with Crippen LogP contribution in [0, 0.1) is 0 Å². The van der Waals surface area contributed by atoms with Crippen molar-refractivity contribution in [2.75, 3.05) is 18.5 Å². The number of hydrogen-bond donors (Lipinski definition) is 0. The number of aldehydes is 1. The Hall–Kier alpha value is -2.23. The van der Waals surface area contributed by atoms with Crippen molar-refractivity contribution in [2.24, 2.45) is 0 Å². The van der Waals surface area contributed by atoms with Crippen molar-refractivity contribution in [3.63, 3.8) is 0 Å². The summed E-state index contributed by atoms with van der Waals surface area (Å²) in [6, 6.07) is 10.3. The lowest BCUT2D eigenvalue weighted by Gasteiger charge is -2.16. The Labute approximate surface area is 106 Å². The summed E-state index contributed by atoms with van der Waals surface area (Å²) >= 11 is 0. The molecule has 4 heteroatoms. The molecular formula is C14H15N3O. The molecule has 92 valence electrons. The summed E-state index contributed by atoms with van der Waals surface area (Å²) in [7, 11) is 1.94. The highest BCUT2D eigenvalue weighted by atomic mass is 16.1. The minimum Gasteiger partial charge on any atom is -0.344 e. The average Bonchev–Trinajstić information content (AvgIpc) is 2.46. The molecule has 1 aromatic heterocycles. The third-order valence-electron chi connectivity index (χ3n) is 2.71. The first kappa shape index (κ1) is 12.2. The van der Waals surface area contributed by atoms with Gasteiger partial charge in [-0.05, 0) is 12.0 Å². The maximum absolute atomic E-state index is 10.5. The fraction of sp³-hybridized carbons (Fsp3) is 0.214. The summed E-state index contributed by atoms with van der Waals surface area (Å²) in [6.45, 7) is 0.838. The summed E-state index contributed by atoms with van der Waals surface area (Å²) in [5.74, 6) is 0.636. The summed E-state index contributed by atoms with van der Waals surface area (Å²) in [5, 5.41) is 0. The zero-order valence-electron chi connectivity index (χ0n) is 10.3. The van der Waals surface area contributed by atoms with Crippen LogP contribution in [0.25, 0.3) is 0 Å². The topological polar surface area (TPSA) is 46.1 Å². The molecule has 0 aliphatic heterocycles. The highest BCUT2D eigenvalue weighted by Crippen LogP contribution is 2.06. The van der Waals surface area contributed by atoms with E-state index in [1.54, 1.807) is 0 Å². The highest BCUT2D eigenvalue weighted by Gasteiger charge is 2.04. The van der Waals surface area contributed by atoms with E-state index >= 15 is 0 Å². The zero-order chi connectivity index (χ0) is 12.8. The van der Waals surface area contributed by atoms with E-state index in [0.717, 1.165) is 19.3 Å². The van der Waals surface area contributed by atoms with E-state index in [0.29, 0.717) is 11.5 Å². The van der Waals surface area contributed by atoms with E-state index in [9.17, 15) is 4.79 Å². The van der Waals surface area contributed by atoms with Gasteiger partial charge in [-0.25, -0.2) is 9.97 Å². The van der Waals surface area contributed by atoms with E-state index in [1.807, 2.05) is 30.1 Å². The molecular weight excluding hydrogens is 226 g/mol. The summed E-state index contributed by atoms with van der Waals surface area (Å²) in [6.07, 6.45) is 4.76. The van der Waals surface area contributed by atoms with Crippen LogP contribution >= 0.6 is 0 Å². The summed E-state index contributed by atoms with van der Waals surface area (Å²) in [5.41, 5.74) is 1.78. The SMILES string of the molecule is CN(CCc1ccccc1)c1ncc(C=O)cn1. The Kier molecular flexibility index (Phi) is 4.02. The van der Waals surface area contributed by atoms with Gasteiger partial charge in [-0.2, -0.15) is 0 Å². The van der Waals surface area contributed by atoms with Crippen molar-refractivity contribution in [3.05, 3.63) is 53.9 Å². The molecule has 0 atom stereocenters. The molecule has 0 bridgehead atoms. The first-order valence-electron chi connectivity index (χ1n) is 5.82. The minimum absolute atomic E-state index is 0.496. The van der Waals surface area contributed by atoms with Crippen LogP contribution in [0.3, 0.4) is 0 Å². The average molecular weight is 241 g/mol. The van der Waals surface area contributed by atoms with Crippen LogP contribution in [0.5, 0.6) is 0 Å². The van der Waals surface area contributed by atoms with E-state index in [-0.39, 0.29) is 0 Å². The molecule has 4 nitrogen and oxygen atoms in total. The van der Waals surface area contributed by atoms with E-state index in [4.69, 9.17) is 0 Å².